The van der Waals surface area contributed by atoms with Crippen molar-refractivity contribution in [2.45, 2.75) is 26.3 Å². The molecule has 2 aromatic carbocycles. The largest absolute Gasteiger partial charge is 0.344 e. The molecule has 0 saturated heterocycles. The number of carbonyl (C=O) groups excluding carboxylic acids is 2. The number of benzene rings is 2. The first-order valence-corrected chi connectivity index (χ1v) is 9.64. The van der Waals surface area contributed by atoms with Crippen LogP contribution in [0, 0.1) is 5.92 Å². The molecule has 0 saturated carbocycles. The van der Waals surface area contributed by atoms with E-state index in [1.807, 2.05) is 24.3 Å². The maximum atomic E-state index is 12.5. The van der Waals surface area contributed by atoms with Gasteiger partial charge in [0.1, 0.15) is 5.82 Å². The molecular weight excluding hydrogens is 376 g/mol. The van der Waals surface area contributed by atoms with E-state index in [1.165, 1.54) is 0 Å². The van der Waals surface area contributed by atoms with E-state index in [4.69, 9.17) is 11.6 Å². The Bertz CT molecular complexity index is 952. The topological polar surface area (TPSA) is 86.9 Å². The SMILES string of the molecule is CCC(C)C(NC(=O)CNC(=O)c1ccccc1Cl)c1nc2ccccc2[nH]1. The van der Waals surface area contributed by atoms with Crippen LogP contribution in [-0.2, 0) is 4.79 Å². The Hall–Kier alpha value is -2.86. The van der Waals surface area contributed by atoms with E-state index in [2.05, 4.69) is 34.4 Å². The predicted octanol–water partition coefficient (Wildman–Crippen LogP) is 3.85. The van der Waals surface area contributed by atoms with E-state index in [0.717, 1.165) is 17.5 Å². The average molecular weight is 399 g/mol. The fraction of sp³-hybridized carbons (Fsp3) is 0.286. The third-order valence-electron chi connectivity index (χ3n) is 4.76. The second kappa shape index (κ2) is 8.89. The van der Waals surface area contributed by atoms with Crippen molar-refractivity contribution >= 4 is 34.4 Å². The van der Waals surface area contributed by atoms with E-state index in [1.54, 1.807) is 24.3 Å². The van der Waals surface area contributed by atoms with Gasteiger partial charge in [-0.2, -0.15) is 0 Å². The van der Waals surface area contributed by atoms with Crippen molar-refractivity contribution in [2.75, 3.05) is 6.54 Å². The molecule has 3 N–H and O–H groups in total. The van der Waals surface area contributed by atoms with Crippen molar-refractivity contribution in [3.05, 3.63) is 64.9 Å². The summed E-state index contributed by atoms with van der Waals surface area (Å²) in [6.07, 6.45) is 0.869. The Morgan fingerprint density at radius 1 is 1.14 bits per heavy atom. The number of halogens is 1. The molecule has 0 radical (unpaired) electrons. The highest BCUT2D eigenvalue weighted by Gasteiger charge is 2.24. The van der Waals surface area contributed by atoms with E-state index in [9.17, 15) is 9.59 Å². The highest BCUT2D eigenvalue weighted by Crippen LogP contribution is 2.24. The number of nitrogens with one attached hydrogen (secondary N) is 3. The number of aromatic nitrogens is 2. The molecule has 6 nitrogen and oxygen atoms in total. The number of carbonyl (C=O) groups is 2. The summed E-state index contributed by atoms with van der Waals surface area (Å²) in [6.45, 7) is 3.98. The van der Waals surface area contributed by atoms with Gasteiger partial charge in [-0.1, -0.05) is 56.1 Å². The molecule has 2 amide bonds. The van der Waals surface area contributed by atoms with Crippen LogP contribution in [0.5, 0.6) is 0 Å². The van der Waals surface area contributed by atoms with Crippen LogP contribution in [0.4, 0.5) is 0 Å². The number of aromatic amines is 1. The number of amides is 2. The smallest absolute Gasteiger partial charge is 0.253 e. The third-order valence-corrected chi connectivity index (χ3v) is 5.09. The number of rotatable bonds is 7. The van der Waals surface area contributed by atoms with Crippen LogP contribution < -0.4 is 10.6 Å². The summed E-state index contributed by atoms with van der Waals surface area (Å²) in [5.41, 5.74) is 2.12. The standard InChI is InChI=1S/C21H23ClN4O2/c1-3-13(2)19(20-24-16-10-6-7-11-17(16)25-20)26-18(27)12-23-21(28)14-8-4-5-9-15(14)22/h4-11,13,19H,3,12H2,1-2H3,(H,23,28)(H,24,25)(H,26,27). The summed E-state index contributed by atoms with van der Waals surface area (Å²) >= 11 is 6.02. The summed E-state index contributed by atoms with van der Waals surface area (Å²) in [7, 11) is 0. The van der Waals surface area contributed by atoms with Crippen molar-refractivity contribution in [3.63, 3.8) is 0 Å². The van der Waals surface area contributed by atoms with Crippen molar-refractivity contribution in [1.82, 2.24) is 20.6 Å². The number of hydrogen-bond donors (Lipinski definition) is 3. The summed E-state index contributed by atoms with van der Waals surface area (Å²) < 4.78 is 0. The van der Waals surface area contributed by atoms with E-state index in [-0.39, 0.29) is 30.3 Å². The van der Waals surface area contributed by atoms with Crippen molar-refractivity contribution in [1.29, 1.82) is 0 Å². The Balaban J connectivity index is 1.68. The average Bonchev–Trinajstić information content (AvgIpc) is 3.13. The van der Waals surface area contributed by atoms with Gasteiger partial charge in [-0.15, -0.1) is 0 Å². The molecular formula is C21H23ClN4O2. The second-order valence-electron chi connectivity index (χ2n) is 6.73. The van der Waals surface area contributed by atoms with Crippen LogP contribution in [-0.4, -0.2) is 28.3 Å². The minimum atomic E-state index is -0.385. The van der Waals surface area contributed by atoms with Crippen molar-refractivity contribution < 1.29 is 9.59 Å². The monoisotopic (exact) mass is 398 g/mol. The normalized spacial score (nSPS) is 13.1. The highest BCUT2D eigenvalue weighted by molar-refractivity contribution is 6.33. The van der Waals surface area contributed by atoms with E-state index in [0.29, 0.717) is 16.4 Å². The van der Waals surface area contributed by atoms with Gasteiger partial charge in [-0.3, -0.25) is 9.59 Å². The number of nitrogens with zero attached hydrogens (tertiary/aromatic N) is 1. The van der Waals surface area contributed by atoms with Gasteiger partial charge in [0.15, 0.2) is 0 Å². The second-order valence-corrected chi connectivity index (χ2v) is 7.14. The Morgan fingerprint density at radius 2 is 1.86 bits per heavy atom. The third kappa shape index (κ3) is 4.51. The van der Waals surface area contributed by atoms with Gasteiger partial charge in [0, 0.05) is 0 Å². The number of H-pyrrole nitrogens is 1. The predicted molar refractivity (Wildman–Crippen MR) is 110 cm³/mol. The molecule has 2 atom stereocenters. The number of hydrogen-bond acceptors (Lipinski definition) is 3. The summed E-state index contributed by atoms with van der Waals surface area (Å²) in [4.78, 5) is 32.6. The minimum absolute atomic E-state index is 0.142. The molecule has 3 aromatic rings. The molecule has 0 aliphatic heterocycles. The lowest BCUT2D eigenvalue weighted by Gasteiger charge is -2.22. The Kier molecular flexibility index (Phi) is 6.31. The van der Waals surface area contributed by atoms with E-state index < -0.39 is 0 Å². The molecule has 1 aromatic heterocycles. The lowest BCUT2D eigenvalue weighted by Crippen LogP contribution is -2.40. The summed E-state index contributed by atoms with van der Waals surface area (Å²) in [6, 6.07) is 14.2. The molecule has 1 heterocycles. The lowest BCUT2D eigenvalue weighted by molar-refractivity contribution is -0.121. The molecule has 7 heteroatoms. The van der Waals surface area contributed by atoms with Crippen LogP contribution in [0.1, 0.15) is 42.5 Å². The molecule has 0 bridgehead atoms. The molecule has 0 fully saturated rings. The fourth-order valence-electron chi connectivity index (χ4n) is 2.96. The molecule has 146 valence electrons. The zero-order valence-electron chi connectivity index (χ0n) is 15.8. The van der Waals surface area contributed by atoms with Gasteiger partial charge < -0.3 is 15.6 Å². The van der Waals surface area contributed by atoms with Crippen LogP contribution in [0.25, 0.3) is 11.0 Å². The van der Waals surface area contributed by atoms with Crippen LogP contribution in [0.2, 0.25) is 5.02 Å². The maximum Gasteiger partial charge on any atom is 0.253 e. The fourth-order valence-corrected chi connectivity index (χ4v) is 3.18. The lowest BCUT2D eigenvalue weighted by atomic mass is 9.98. The first-order valence-electron chi connectivity index (χ1n) is 9.26. The van der Waals surface area contributed by atoms with Gasteiger partial charge in [-0.05, 0) is 30.2 Å². The van der Waals surface area contributed by atoms with Crippen molar-refractivity contribution in [3.8, 4) is 0 Å². The number of fused-ring (bicyclic) bond motifs is 1. The van der Waals surface area contributed by atoms with Crippen LogP contribution >= 0.6 is 11.6 Å². The zero-order chi connectivity index (χ0) is 20.1. The Morgan fingerprint density at radius 3 is 2.57 bits per heavy atom. The van der Waals surface area contributed by atoms with Gasteiger partial charge in [0.05, 0.1) is 34.2 Å². The minimum Gasteiger partial charge on any atom is -0.344 e. The first kappa shape index (κ1) is 19.9. The van der Waals surface area contributed by atoms with E-state index >= 15 is 0 Å². The number of imidazole rings is 1. The molecule has 3 rings (SSSR count). The van der Waals surface area contributed by atoms with Gasteiger partial charge >= 0.3 is 0 Å². The van der Waals surface area contributed by atoms with Gasteiger partial charge in [-0.25, -0.2) is 4.98 Å². The highest BCUT2D eigenvalue weighted by atomic mass is 35.5. The maximum absolute atomic E-state index is 12.5. The molecule has 0 aliphatic rings. The zero-order valence-corrected chi connectivity index (χ0v) is 16.6. The molecule has 0 aliphatic carbocycles. The van der Waals surface area contributed by atoms with Gasteiger partial charge in [0.2, 0.25) is 5.91 Å². The Labute approximate surface area is 168 Å². The number of para-hydroxylation sites is 2. The summed E-state index contributed by atoms with van der Waals surface area (Å²) in [5.74, 6) is 0.209. The first-order chi connectivity index (χ1) is 13.5. The van der Waals surface area contributed by atoms with Crippen LogP contribution in [0.3, 0.4) is 0 Å². The van der Waals surface area contributed by atoms with Crippen molar-refractivity contribution in [2.24, 2.45) is 5.92 Å². The molecule has 28 heavy (non-hydrogen) atoms. The molecule has 2 unspecified atom stereocenters. The van der Waals surface area contributed by atoms with Gasteiger partial charge in [0.25, 0.3) is 5.91 Å². The summed E-state index contributed by atoms with van der Waals surface area (Å²) in [5, 5.41) is 5.95. The molecule has 0 spiro atoms. The van der Waals surface area contributed by atoms with Crippen LogP contribution in [0.15, 0.2) is 48.5 Å². The quantitative estimate of drug-likeness (QED) is 0.565.